The molecule has 0 saturated carbocycles. The van der Waals surface area contributed by atoms with Crippen molar-refractivity contribution >= 4 is 57.3 Å². The SMILES string of the molecule is O=C1/C(=C/c2ccc([N+](=O)[O-])cc2)SC(=S)N1c1cccc([N+](=O)[O-])c1. The number of rotatable bonds is 4. The number of carbonyl (C=O) groups is 1. The molecule has 0 radical (unpaired) electrons. The van der Waals surface area contributed by atoms with Crippen LogP contribution < -0.4 is 4.90 Å². The third-order valence-corrected chi connectivity index (χ3v) is 4.80. The quantitative estimate of drug-likeness (QED) is 0.339. The largest absolute Gasteiger partial charge is 0.271 e. The number of hydrogen-bond donors (Lipinski definition) is 0. The summed E-state index contributed by atoms with van der Waals surface area (Å²) in [6.45, 7) is 0. The lowest BCUT2D eigenvalue weighted by Crippen LogP contribution is -2.27. The Balaban J connectivity index is 1.90. The fourth-order valence-corrected chi connectivity index (χ4v) is 3.58. The van der Waals surface area contributed by atoms with Crippen LogP contribution in [0.2, 0.25) is 0 Å². The maximum atomic E-state index is 12.6. The van der Waals surface area contributed by atoms with Gasteiger partial charge < -0.3 is 0 Å². The van der Waals surface area contributed by atoms with E-state index in [9.17, 15) is 25.0 Å². The van der Waals surface area contributed by atoms with Crippen molar-refractivity contribution in [3.8, 4) is 0 Å². The van der Waals surface area contributed by atoms with Crippen LogP contribution in [0.15, 0.2) is 53.4 Å². The first kappa shape index (κ1) is 17.7. The summed E-state index contributed by atoms with van der Waals surface area (Å²) in [4.78, 5) is 34.8. The van der Waals surface area contributed by atoms with Crippen molar-refractivity contribution < 1.29 is 14.6 Å². The van der Waals surface area contributed by atoms with Crippen molar-refractivity contribution in [2.75, 3.05) is 4.90 Å². The maximum Gasteiger partial charge on any atom is 0.271 e. The van der Waals surface area contributed by atoms with Crippen molar-refractivity contribution in [3.63, 3.8) is 0 Å². The number of anilines is 1. The first-order chi connectivity index (χ1) is 12.4. The van der Waals surface area contributed by atoms with E-state index in [1.807, 2.05) is 0 Å². The highest BCUT2D eigenvalue weighted by Gasteiger charge is 2.33. The molecule has 26 heavy (non-hydrogen) atoms. The number of non-ortho nitro benzene ring substituents is 2. The van der Waals surface area contributed by atoms with Gasteiger partial charge in [0, 0.05) is 24.3 Å². The predicted octanol–water partition coefficient (Wildman–Crippen LogP) is 3.91. The van der Waals surface area contributed by atoms with Crippen LogP contribution in [0.3, 0.4) is 0 Å². The number of amides is 1. The van der Waals surface area contributed by atoms with Crippen molar-refractivity contribution in [1.29, 1.82) is 0 Å². The standard InChI is InChI=1S/C16H9N3O5S2/c20-15-14(8-10-4-6-11(7-5-10)18(21)22)26-16(25)17(15)12-2-1-3-13(9-12)19(23)24/h1-9H/b14-8-. The van der Waals surface area contributed by atoms with Crippen molar-refractivity contribution in [3.05, 3.63) is 79.2 Å². The molecule has 1 aliphatic heterocycles. The number of carbonyl (C=O) groups excluding carboxylic acids is 1. The van der Waals surface area contributed by atoms with Crippen LogP contribution in [0.1, 0.15) is 5.56 Å². The molecule has 2 aromatic carbocycles. The average molecular weight is 387 g/mol. The molecule has 8 nitrogen and oxygen atoms in total. The van der Waals surface area contributed by atoms with Gasteiger partial charge in [-0.3, -0.25) is 29.9 Å². The highest BCUT2D eigenvalue weighted by molar-refractivity contribution is 8.27. The Labute approximate surface area is 156 Å². The zero-order chi connectivity index (χ0) is 18.8. The summed E-state index contributed by atoms with van der Waals surface area (Å²) in [5, 5.41) is 21.6. The van der Waals surface area contributed by atoms with Crippen molar-refractivity contribution in [1.82, 2.24) is 0 Å². The van der Waals surface area contributed by atoms with Gasteiger partial charge in [-0.25, -0.2) is 0 Å². The lowest BCUT2D eigenvalue weighted by Gasteiger charge is -2.13. The summed E-state index contributed by atoms with van der Waals surface area (Å²) < 4.78 is 0.253. The van der Waals surface area contributed by atoms with E-state index in [2.05, 4.69) is 0 Å². The van der Waals surface area contributed by atoms with Gasteiger partial charge in [0.1, 0.15) is 0 Å². The normalized spacial score (nSPS) is 15.5. The van der Waals surface area contributed by atoms with Crippen molar-refractivity contribution in [2.24, 2.45) is 0 Å². The van der Waals surface area contributed by atoms with Gasteiger partial charge in [0.15, 0.2) is 4.32 Å². The summed E-state index contributed by atoms with van der Waals surface area (Å²) in [6.07, 6.45) is 1.57. The first-order valence-electron chi connectivity index (χ1n) is 7.13. The molecule has 1 fully saturated rings. The topological polar surface area (TPSA) is 107 Å². The van der Waals surface area contributed by atoms with E-state index in [0.717, 1.165) is 11.8 Å². The van der Waals surface area contributed by atoms with Gasteiger partial charge >= 0.3 is 0 Å². The van der Waals surface area contributed by atoms with Crippen LogP contribution in [0, 0.1) is 20.2 Å². The van der Waals surface area contributed by atoms with Crippen molar-refractivity contribution in [2.45, 2.75) is 0 Å². The molecular formula is C16H9N3O5S2. The molecule has 0 spiro atoms. The molecule has 0 aliphatic carbocycles. The number of thiocarbonyl (C=S) groups is 1. The lowest BCUT2D eigenvalue weighted by molar-refractivity contribution is -0.385. The molecule has 130 valence electrons. The number of benzene rings is 2. The first-order valence-corrected chi connectivity index (χ1v) is 8.36. The second kappa shape index (κ2) is 7.02. The molecular weight excluding hydrogens is 378 g/mol. The van der Waals surface area contributed by atoms with E-state index in [-0.39, 0.29) is 15.7 Å². The van der Waals surface area contributed by atoms with Gasteiger partial charge in [-0.15, -0.1) is 0 Å². The van der Waals surface area contributed by atoms with E-state index < -0.39 is 15.8 Å². The molecule has 0 N–H and O–H groups in total. The zero-order valence-corrected chi connectivity index (χ0v) is 14.5. The fourth-order valence-electron chi connectivity index (χ4n) is 2.28. The minimum absolute atomic E-state index is 0.0497. The Bertz CT molecular complexity index is 972. The molecule has 0 atom stereocenters. The van der Waals surface area contributed by atoms with Crippen LogP contribution in [0.4, 0.5) is 17.1 Å². The van der Waals surface area contributed by atoms with E-state index in [1.165, 1.54) is 47.4 Å². The maximum absolute atomic E-state index is 12.6. The fraction of sp³-hybridized carbons (Fsp3) is 0. The molecule has 1 amide bonds. The van der Waals surface area contributed by atoms with E-state index in [1.54, 1.807) is 12.1 Å². The van der Waals surface area contributed by atoms with Gasteiger partial charge in [0.25, 0.3) is 17.3 Å². The number of nitro benzene ring substituents is 2. The zero-order valence-electron chi connectivity index (χ0n) is 12.9. The summed E-state index contributed by atoms with van der Waals surface area (Å²) in [7, 11) is 0. The van der Waals surface area contributed by atoms with E-state index >= 15 is 0 Å². The number of thioether (sulfide) groups is 1. The monoisotopic (exact) mass is 387 g/mol. The number of hydrogen-bond acceptors (Lipinski definition) is 7. The van der Waals surface area contributed by atoms with Gasteiger partial charge in [-0.1, -0.05) is 30.0 Å². The second-order valence-electron chi connectivity index (χ2n) is 5.14. The Morgan fingerprint density at radius 1 is 1.00 bits per heavy atom. The molecule has 3 rings (SSSR count). The van der Waals surface area contributed by atoms with Crippen LogP contribution in [0.5, 0.6) is 0 Å². The molecule has 1 saturated heterocycles. The summed E-state index contributed by atoms with van der Waals surface area (Å²) >= 11 is 6.29. The van der Waals surface area contributed by atoms with Crippen LogP contribution >= 0.6 is 24.0 Å². The third kappa shape index (κ3) is 3.46. The molecule has 1 aliphatic rings. The minimum Gasteiger partial charge on any atom is -0.268 e. The smallest absolute Gasteiger partial charge is 0.268 e. The van der Waals surface area contributed by atoms with E-state index in [4.69, 9.17) is 12.2 Å². The molecule has 0 aromatic heterocycles. The minimum atomic E-state index is -0.548. The van der Waals surface area contributed by atoms with Crippen LogP contribution in [-0.4, -0.2) is 20.1 Å². The Morgan fingerprint density at radius 3 is 2.27 bits per heavy atom. The number of nitro groups is 2. The van der Waals surface area contributed by atoms with Crippen LogP contribution in [-0.2, 0) is 4.79 Å². The molecule has 2 aromatic rings. The lowest BCUT2D eigenvalue weighted by atomic mass is 10.2. The van der Waals surface area contributed by atoms with Gasteiger partial charge in [0.05, 0.1) is 20.4 Å². The number of nitrogens with zero attached hydrogens (tertiary/aromatic N) is 3. The molecule has 0 unspecified atom stereocenters. The molecule has 10 heteroatoms. The Kier molecular flexibility index (Phi) is 4.78. The molecule has 1 heterocycles. The predicted molar refractivity (Wildman–Crippen MR) is 102 cm³/mol. The molecule has 0 bridgehead atoms. The van der Waals surface area contributed by atoms with Gasteiger partial charge in [-0.2, -0.15) is 0 Å². The Morgan fingerprint density at radius 2 is 1.65 bits per heavy atom. The average Bonchev–Trinajstić information content (AvgIpc) is 2.89. The van der Waals surface area contributed by atoms with Gasteiger partial charge in [0.2, 0.25) is 0 Å². The van der Waals surface area contributed by atoms with Gasteiger partial charge in [-0.05, 0) is 29.8 Å². The summed E-state index contributed by atoms with van der Waals surface area (Å²) in [5.74, 6) is -0.404. The summed E-state index contributed by atoms with van der Waals surface area (Å²) in [5.41, 5.74) is 0.728. The summed E-state index contributed by atoms with van der Waals surface area (Å²) in [6, 6.07) is 11.4. The van der Waals surface area contributed by atoms with Crippen LogP contribution in [0.25, 0.3) is 6.08 Å². The van der Waals surface area contributed by atoms with E-state index in [0.29, 0.717) is 16.2 Å². The third-order valence-electron chi connectivity index (χ3n) is 3.49. The highest BCUT2D eigenvalue weighted by atomic mass is 32.2. The highest BCUT2D eigenvalue weighted by Crippen LogP contribution is 2.37. The second-order valence-corrected chi connectivity index (χ2v) is 6.82. The Hall–Kier alpha value is -3.11.